The van der Waals surface area contributed by atoms with Crippen LogP contribution in [-0.4, -0.2) is 39.7 Å². The minimum Gasteiger partial charge on any atom is -0.329 e. The van der Waals surface area contributed by atoms with E-state index in [1.807, 2.05) is 0 Å². The number of hydrogen-bond donors (Lipinski definition) is 1. The van der Waals surface area contributed by atoms with Crippen molar-refractivity contribution >= 4 is 23.5 Å². The first-order valence-corrected chi connectivity index (χ1v) is 7.49. The number of benzene rings is 1. The summed E-state index contributed by atoms with van der Waals surface area (Å²) in [4.78, 5) is 24.2. The standard InChI is InChI=1S/C15H14ClFN4O2/c16-11-8-10(2-3-12(11)17)13-4-5-19-21(13)7-1-6-20-14(22)9-18-15(20)23/h2-5,8H,1,6-7,9H2,(H,18,23). The number of halogens is 2. The summed E-state index contributed by atoms with van der Waals surface area (Å²) in [5.41, 5.74) is 1.55. The fourth-order valence-electron chi connectivity index (χ4n) is 2.47. The Hall–Kier alpha value is -2.41. The van der Waals surface area contributed by atoms with Crippen molar-refractivity contribution in [2.24, 2.45) is 0 Å². The van der Waals surface area contributed by atoms with Crippen LogP contribution in [0.15, 0.2) is 30.5 Å². The summed E-state index contributed by atoms with van der Waals surface area (Å²) in [5.74, 6) is -0.693. The van der Waals surface area contributed by atoms with Crippen LogP contribution in [0.2, 0.25) is 5.02 Å². The molecular formula is C15H14ClFN4O2. The van der Waals surface area contributed by atoms with Gasteiger partial charge in [-0.1, -0.05) is 11.6 Å². The molecule has 0 radical (unpaired) electrons. The summed E-state index contributed by atoms with van der Waals surface area (Å²) in [5, 5.41) is 6.75. The predicted octanol–water partition coefficient (Wildman–Crippen LogP) is 2.28. The van der Waals surface area contributed by atoms with Gasteiger partial charge < -0.3 is 5.32 Å². The van der Waals surface area contributed by atoms with Gasteiger partial charge in [0.25, 0.3) is 0 Å². The molecule has 2 heterocycles. The first-order chi connectivity index (χ1) is 11.1. The van der Waals surface area contributed by atoms with E-state index in [2.05, 4.69) is 10.4 Å². The molecule has 1 aromatic heterocycles. The Balaban J connectivity index is 1.68. The molecule has 1 aliphatic heterocycles. The van der Waals surface area contributed by atoms with Crippen LogP contribution in [0.25, 0.3) is 11.3 Å². The van der Waals surface area contributed by atoms with Crippen molar-refractivity contribution in [2.45, 2.75) is 13.0 Å². The van der Waals surface area contributed by atoms with E-state index in [1.165, 1.54) is 11.0 Å². The fraction of sp³-hybridized carbons (Fsp3) is 0.267. The average Bonchev–Trinajstić information content (AvgIpc) is 3.11. The topological polar surface area (TPSA) is 67.2 Å². The van der Waals surface area contributed by atoms with Gasteiger partial charge in [-0.2, -0.15) is 5.10 Å². The maximum atomic E-state index is 13.3. The van der Waals surface area contributed by atoms with Gasteiger partial charge in [0.15, 0.2) is 0 Å². The maximum absolute atomic E-state index is 13.3. The lowest BCUT2D eigenvalue weighted by molar-refractivity contribution is -0.125. The highest BCUT2D eigenvalue weighted by atomic mass is 35.5. The smallest absolute Gasteiger partial charge is 0.324 e. The molecule has 1 N–H and O–H groups in total. The Labute approximate surface area is 136 Å². The quantitative estimate of drug-likeness (QED) is 0.852. The second-order valence-electron chi connectivity index (χ2n) is 5.13. The van der Waals surface area contributed by atoms with Crippen LogP contribution in [0.5, 0.6) is 0 Å². The van der Waals surface area contributed by atoms with E-state index in [-0.39, 0.29) is 23.5 Å². The van der Waals surface area contributed by atoms with Gasteiger partial charge in [-0.05, 0) is 30.7 Å². The molecule has 1 aliphatic rings. The number of amides is 3. The maximum Gasteiger partial charge on any atom is 0.324 e. The first-order valence-electron chi connectivity index (χ1n) is 7.11. The molecule has 1 aromatic carbocycles. The van der Waals surface area contributed by atoms with Gasteiger partial charge in [0.1, 0.15) is 5.82 Å². The van der Waals surface area contributed by atoms with E-state index in [0.29, 0.717) is 19.5 Å². The van der Waals surface area contributed by atoms with Gasteiger partial charge in [-0.25, -0.2) is 9.18 Å². The summed E-state index contributed by atoms with van der Waals surface area (Å²) >= 11 is 5.81. The summed E-state index contributed by atoms with van der Waals surface area (Å²) in [6.45, 7) is 0.905. The van der Waals surface area contributed by atoms with Crippen molar-refractivity contribution in [3.05, 3.63) is 41.3 Å². The molecular weight excluding hydrogens is 323 g/mol. The molecule has 6 nitrogen and oxygen atoms in total. The van der Waals surface area contributed by atoms with Crippen LogP contribution >= 0.6 is 11.6 Å². The Morgan fingerprint density at radius 3 is 2.78 bits per heavy atom. The molecule has 0 saturated carbocycles. The minimum atomic E-state index is -0.472. The van der Waals surface area contributed by atoms with Crippen molar-refractivity contribution in [3.63, 3.8) is 0 Å². The molecule has 0 aliphatic carbocycles. The predicted molar refractivity (Wildman–Crippen MR) is 82.4 cm³/mol. The number of carbonyl (C=O) groups is 2. The number of nitrogens with zero attached hydrogens (tertiary/aromatic N) is 3. The highest BCUT2D eigenvalue weighted by Crippen LogP contribution is 2.24. The van der Waals surface area contributed by atoms with E-state index in [1.54, 1.807) is 29.1 Å². The zero-order chi connectivity index (χ0) is 16.4. The van der Waals surface area contributed by atoms with Crippen molar-refractivity contribution in [3.8, 4) is 11.3 Å². The van der Waals surface area contributed by atoms with Crippen molar-refractivity contribution < 1.29 is 14.0 Å². The second-order valence-corrected chi connectivity index (χ2v) is 5.53. The molecule has 0 unspecified atom stereocenters. The molecule has 0 bridgehead atoms. The summed E-state index contributed by atoms with van der Waals surface area (Å²) < 4.78 is 15.0. The number of imide groups is 1. The molecule has 2 aromatic rings. The number of carbonyl (C=O) groups excluding carboxylic acids is 2. The lowest BCUT2D eigenvalue weighted by Gasteiger charge is -2.13. The van der Waals surface area contributed by atoms with Crippen molar-refractivity contribution in [1.29, 1.82) is 0 Å². The third kappa shape index (κ3) is 3.19. The SMILES string of the molecule is O=C1CNC(=O)N1CCCn1nccc1-c1ccc(F)c(Cl)c1. The van der Waals surface area contributed by atoms with Crippen LogP contribution in [-0.2, 0) is 11.3 Å². The monoisotopic (exact) mass is 336 g/mol. The fourth-order valence-corrected chi connectivity index (χ4v) is 2.65. The summed E-state index contributed by atoms with van der Waals surface area (Å²) in [6, 6.07) is 5.93. The van der Waals surface area contributed by atoms with Gasteiger partial charge in [-0.15, -0.1) is 0 Å². The highest BCUT2D eigenvalue weighted by molar-refractivity contribution is 6.31. The zero-order valence-electron chi connectivity index (χ0n) is 12.1. The lowest BCUT2D eigenvalue weighted by Crippen LogP contribution is -2.32. The second kappa shape index (κ2) is 6.37. The zero-order valence-corrected chi connectivity index (χ0v) is 12.9. The number of urea groups is 1. The normalized spacial score (nSPS) is 14.4. The summed E-state index contributed by atoms with van der Waals surface area (Å²) in [7, 11) is 0. The van der Waals surface area contributed by atoms with E-state index in [0.717, 1.165) is 11.3 Å². The van der Waals surface area contributed by atoms with E-state index >= 15 is 0 Å². The minimum absolute atomic E-state index is 0.0505. The molecule has 3 amide bonds. The first kappa shape index (κ1) is 15.5. The van der Waals surface area contributed by atoms with Crippen molar-refractivity contribution in [1.82, 2.24) is 20.0 Å². The Morgan fingerprint density at radius 1 is 1.26 bits per heavy atom. The van der Waals surface area contributed by atoms with Gasteiger partial charge in [0.05, 0.1) is 17.3 Å². The molecule has 3 rings (SSSR count). The number of rotatable bonds is 5. The van der Waals surface area contributed by atoms with Gasteiger partial charge in [0, 0.05) is 24.8 Å². The third-order valence-electron chi connectivity index (χ3n) is 3.62. The number of nitrogens with one attached hydrogen (secondary N) is 1. The molecule has 0 atom stereocenters. The van der Waals surface area contributed by atoms with Gasteiger partial charge >= 0.3 is 6.03 Å². The van der Waals surface area contributed by atoms with Crippen LogP contribution in [0, 0.1) is 5.82 Å². The van der Waals surface area contributed by atoms with Crippen molar-refractivity contribution in [2.75, 3.05) is 13.1 Å². The Kier molecular flexibility index (Phi) is 4.29. The highest BCUT2D eigenvalue weighted by Gasteiger charge is 2.27. The number of aryl methyl sites for hydroxylation is 1. The number of hydrogen-bond acceptors (Lipinski definition) is 3. The molecule has 8 heteroatoms. The van der Waals surface area contributed by atoms with Crippen LogP contribution in [0.3, 0.4) is 0 Å². The van der Waals surface area contributed by atoms with Crippen LogP contribution in [0.1, 0.15) is 6.42 Å². The van der Waals surface area contributed by atoms with Gasteiger partial charge in [0.2, 0.25) is 5.91 Å². The Bertz CT molecular complexity index is 746. The average molecular weight is 337 g/mol. The van der Waals surface area contributed by atoms with Crippen LogP contribution < -0.4 is 5.32 Å². The molecule has 1 saturated heterocycles. The number of aromatic nitrogens is 2. The van der Waals surface area contributed by atoms with E-state index < -0.39 is 5.82 Å². The molecule has 23 heavy (non-hydrogen) atoms. The lowest BCUT2D eigenvalue weighted by atomic mass is 10.1. The largest absolute Gasteiger partial charge is 0.329 e. The van der Waals surface area contributed by atoms with E-state index in [9.17, 15) is 14.0 Å². The molecule has 1 fully saturated rings. The third-order valence-corrected chi connectivity index (χ3v) is 3.91. The Morgan fingerprint density at radius 2 is 2.09 bits per heavy atom. The van der Waals surface area contributed by atoms with Crippen LogP contribution in [0.4, 0.5) is 9.18 Å². The van der Waals surface area contributed by atoms with Gasteiger partial charge in [-0.3, -0.25) is 14.4 Å². The molecule has 120 valence electrons. The van der Waals surface area contributed by atoms with E-state index in [4.69, 9.17) is 11.6 Å². The molecule has 0 spiro atoms. The summed E-state index contributed by atoms with van der Waals surface area (Å²) in [6.07, 6.45) is 2.21.